The molecule has 1 aromatic heterocycles. The second-order valence-electron chi connectivity index (χ2n) is 6.72. The molecular formula is C21H27N5O2S. The van der Waals surface area contributed by atoms with Gasteiger partial charge in [-0.1, -0.05) is 47.7 Å². The van der Waals surface area contributed by atoms with Crippen LogP contribution in [-0.4, -0.2) is 39.6 Å². The van der Waals surface area contributed by atoms with Crippen LogP contribution in [0.15, 0.2) is 47.6 Å². The Kier molecular flexibility index (Phi) is 7.89. The van der Waals surface area contributed by atoms with Crippen molar-refractivity contribution in [2.75, 3.05) is 19.4 Å². The van der Waals surface area contributed by atoms with Gasteiger partial charge < -0.3 is 14.8 Å². The molecule has 0 bridgehead atoms. The molecule has 1 N–H and O–H groups in total. The molecule has 0 saturated carbocycles. The van der Waals surface area contributed by atoms with Crippen molar-refractivity contribution in [3.63, 3.8) is 0 Å². The number of thioether (sulfide) groups is 1. The summed E-state index contributed by atoms with van der Waals surface area (Å²) in [7, 11) is 3.52. The molecule has 0 amide bonds. The maximum Gasteiger partial charge on any atom is 0.209 e. The van der Waals surface area contributed by atoms with Gasteiger partial charge in [0, 0.05) is 19.3 Å². The van der Waals surface area contributed by atoms with Crippen LogP contribution in [0.25, 0.3) is 0 Å². The van der Waals surface area contributed by atoms with Crippen LogP contribution in [0.1, 0.15) is 23.1 Å². The lowest BCUT2D eigenvalue weighted by molar-refractivity contribution is 0.284. The summed E-state index contributed by atoms with van der Waals surface area (Å²) in [6, 6.07) is 14.4. The molecule has 154 valence electrons. The van der Waals surface area contributed by atoms with E-state index < -0.39 is 0 Å². The summed E-state index contributed by atoms with van der Waals surface area (Å²) in [6.45, 7) is 4.30. The van der Waals surface area contributed by atoms with Gasteiger partial charge in [-0.25, -0.2) is 4.68 Å². The van der Waals surface area contributed by atoms with Crippen LogP contribution in [0, 0.1) is 6.92 Å². The fraction of sp³-hybridized carbons (Fsp3) is 0.381. The lowest BCUT2D eigenvalue weighted by Crippen LogP contribution is -2.15. The van der Waals surface area contributed by atoms with Crippen LogP contribution in [0.2, 0.25) is 0 Å². The quantitative estimate of drug-likeness (QED) is 0.381. The number of hydrogen-bond donors (Lipinski definition) is 1. The van der Waals surface area contributed by atoms with Crippen molar-refractivity contribution in [2.45, 2.75) is 31.7 Å². The Balaban J connectivity index is 1.42. The van der Waals surface area contributed by atoms with Crippen molar-refractivity contribution < 1.29 is 9.47 Å². The molecule has 0 unspecified atom stereocenters. The molecule has 8 heteroatoms. The summed E-state index contributed by atoms with van der Waals surface area (Å²) < 4.78 is 13.1. The fourth-order valence-electron chi connectivity index (χ4n) is 2.72. The van der Waals surface area contributed by atoms with Gasteiger partial charge in [-0.05, 0) is 53.6 Å². The third-order valence-corrected chi connectivity index (χ3v) is 5.48. The highest BCUT2D eigenvalue weighted by Gasteiger charge is 2.07. The Labute approximate surface area is 175 Å². The summed E-state index contributed by atoms with van der Waals surface area (Å²) in [5.74, 6) is 2.48. The molecule has 0 saturated heterocycles. The molecule has 7 nitrogen and oxygen atoms in total. The highest BCUT2D eigenvalue weighted by Crippen LogP contribution is 2.29. The Hall–Kier alpha value is -2.58. The number of aromatic nitrogens is 4. The van der Waals surface area contributed by atoms with E-state index in [2.05, 4.69) is 58.1 Å². The zero-order chi connectivity index (χ0) is 20.5. The molecule has 0 aliphatic heterocycles. The first kappa shape index (κ1) is 21.1. The molecule has 0 radical (unpaired) electrons. The molecule has 0 aliphatic carbocycles. The van der Waals surface area contributed by atoms with Crippen molar-refractivity contribution in [1.29, 1.82) is 0 Å². The molecule has 0 spiro atoms. The first-order valence-corrected chi connectivity index (χ1v) is 10.6. The van der Waals surface area contributed by atoms with Gasteiger partial charge in [0.05, 0.1) is 7.11 Å². The predicted molar refractivity (Wildman–Crippen MR) is 114 cm³/mol. The molecule has 29 heavy (non-hydrogen) atoms. The number of hydrogen-bond acceptors (Lipinski definition) is 7. The first-order valence-electron chi connectivity index (χ1n) is 9.57. The number of tetrazole rings is 1. The Bertz CT molecular complexity index is 898. The second-order valence-corrected chi connectivity index (χ2v) is 7.79. The SMILES string of the molecule is COc1cc(CNCCCSc2nnnn2C)ccc1OCc1ccc(C)cc1. The predicted octanol–water partition coefficient (Wildman–Crippen LogP) is 3.38. The molecule has 3 aromatic rings. The number of rotatable bonds is 11. The van der Waals surface area contributed by atoms with Crippen molar-refractivity contribution in [3.05, 3.63) is 59.2 Å². The summed E-state index contributed by atoms with van der Waals surface area (Å²) in [5.41, 5.74) is 3.54. The van der Waals surface area contributed by atoms with E-state index in [1.807, 2.05) is 19.2 Å². The zero-order valence-electron chi connectivity index (χ0n) is 17.1. The molecule has 0 aliphatic rings. The topological polar surface area (TPSA) is 74.1 Å². The monoisotopic (exact) mass is 413 g/mol. The Morgan fingerprint density at radius 1 is 1.07 bits per heavy atom. The summed E-state index contributed by atoms with van der Waals surface area (Å²) in [5, 5.41) is 15.7. The lowest BCUT2D eigenvalue weighted by atomic mass is 10.1. The molecule has 1 heterocycles. The minimum Gasteiger partial charge on any atom is -0.493 e. The molecule has 0 atom stereocenters. The smallest absolute Gasteiger partial charge is 0.209 e. The van der Waals surface area contributed by atoms with Crippen molar-refractivity contribution in [3.8, 4) is 11.5 Å². The zero-order valence-corrected chi connectivity index (χ0v) is 17.9. The minimum atomic E-state index is 0.521. The van der Waals surface area contributed by atoms with Crippen LogP contribution in [-0.2, 0) is 20.2 Å². The largest absolute Gasteiger partial charge is 0.493 e. The van der Waals surface area contributed by atoms with Crippen LogP contribution in [0.5, 0.6) is 11.5 Å². The van der Waals surface area contributed by atoms with Gasteiger partial charge in [-0.15, -0.1) is 5.10 Å². The normalized spacial score (nSPS) is 10.9. The molecule has 3 rings (SSSR count). The fourth-order valence-corrected chi connectivity index (χ4v) is 3.51. The van der Waals surface area contributed by atoms with Crippen LogP contribution in [0.4, 0.5) is 0 Å². The van der Waals surface area contributed by atoms with Gasteiger partial charge in [0.1, 0.15) is 6.61 Å². The van der Waals surface area contributed by atoms with Crippen molar-refractivity contribution in [1.82, 2.24) is 25.5 Å². The van der Waals surface area contributed by atoms with Crippen LogP contribution in [0.3, 0.4) is 0 Å². The van der Waals surface area contributed by atoms with Crippen molar-refractivity contribution in [2.24, 2.45) is 7.05 Å². The van der Waals surface area contributed by atoms with Gasteiger partial charge in [-0.2, -0.15) is 0 Å². The third-order valence-electron chi connectivity index (χ3n) is 4.38. The molecule has 2 aromatic carbocycles. The van der Waals surface area contributed by atoms with Gasteiger partial charge in [0.15, 0.2) is 11.5 Å². The van der Waals surface area contributed by atoms with Crippen molar-refractivity contribution >= 4 is 11.8 Å². The van der Waals surface area contributed by atoms with Crippen LogP contribution >= 0.6 is 11.8 Å². The van der Waals surface area contributed by atoms with Gasteiger partial charge in [0.25, 0.3) is 0 Å². The van der Waals surface area contributed by atoms with E-state index in [0.29, 0.717) is 6.61 Å². The van der Waals surface area contributed by atoms with E-state index in [-0.39, 0.29) is 0 Å². The first-order chi connectivity index (χ1) is 14.2. The maximum atomic E-state index is 5.95. The highest BCUT2D eigenvalue weighted by molar-refractivity contribution is 7.99. The maximum absolute atomic E-state index is 5.95. The van der Waals surface area contributed by atoms with E-state index in [1.165, 1.54) is 5.56 Å². The molecular weight excluding hydrogens is 386 g/mol. The van der Waals surface area contributed by atoms with Gasteiger partial charge in [-0.3, -0.25) is 0 Å². The Morgan fingerprint density at radius 3 is 2.59 bits per heavy atom. The molecule has 0 fully saturated rings. The highest BCUT2D eigenvalue weighted by atomic mass is 32.2. The number of benzene rings is 2. The third kappa shape index (κ3) is 6.47. The standard InChI is InChI=1S/C21H27N5O2S/c1-16-5-7-17(8-6-16)15-28-19-10-9-18(13-20(19)27-3)14-22-11-4-12-29-21-23-24-25-26(21)2/h5-10,13,22H,4,11-12,14-15H2,1-3H3. The number of nitrogens with one attached hydrogen (secondary N) is 1. The van der Waals surface area contributed by atoms with E-state index in [1.54, 1.807) is 23.6 Å². The van der Waals surface area contributed by atoms with E-state index in [9.17, 15) is 0 Å². The average molecular weight is 414 g/mol. The second kappa shape index (κ2) is 10.8. The van der Waals surface area contributed by atoms with E-state index >= 15 is 0 Å². The number of methoxy groups -OCH3 is 1. The van der Waals surface area contributed by atoms with Gasteiger partial charge in [0.2, 0.25) is 5.16 Å². The Morgan fingerprint density at radius 2 is 1.86 bits per heavy atom. The minimum absolute atomic E-state index is 0.521. The average Bonchev–Trinajstić information content (AvgIpc) is 3.15. The summed E-state index contributed by atoms with van der Waals surface area (Å²) in [4.78, 5) is 0. The number of nitrogens with zero attached hydrogens (tertiary/aromatic N) is 4. The number of ether oxygens (including phenoxy) is 2. The summed E-state index contributed by atoms with van der Waals surface area (Å²) >= 11 is 1.66. The lowest BCUT2D eigenvalue weighted by Gasteiger charge is -2.13. The number of aryl methyl sites for hydroxylation is 2. The summed E-state index contributed by atoms with van der Waals surface area (Å²) in [6.07, 6.45) is 1.03. The van der Waals surface area contributed by atoms with Crippen LogP contribution < -0.4 is 14.8 Å². The van der Waals surface area contributed by atoms with Gasteiger partial charge >= 0.3 is 0 Å². The van der Waals surface area contributed by atoms with E-state index in [0.717, 1.165) is 53.0 Å². The van der Waals surface area contributed by atoms with E-state index in [4.69, 9.17) is 9.47 Å².